The Morgan fingerprint density at radius 3 is 2.50 bits per heavy atom. The topological polar surface area (TPSA) is 102 Å². The highest BCUT2D eigenvalue weighted by atomic mass is 16.5. The Balaban J connectivity index is 2.40. The fourth-order valence-electron chi connectivity index (χ4n) is 1.22. The number of ether oxygens (including phenoxy) is 1. The molecule has 6 heteroatoms. The molecule has 18 heavy (non-hydrogen) atoms. The van der Waals surface area contributed by atoms with Crippen LogP contribution in [-0.4, -0.2) is 25.1 Å². The van der Waals surface area contributed by atoms with Crippen LogP contribution in [0.15, 0.2) is 24.3 Å². The SMILES string of the molecule is N#CCc1ccc(NC(=O)COCC(=O)[O-])cc1. The summed E-state index contributed by atoms with van der Waals surface area (Å²) in [5.74, 6) is -1.83. The third-order valence-electron chi connectivity index (χ3n) is 1.97. The van der Waals surface area contributed by atoms with Crippen LogP contribution in [0.3, 0.4) is 0 Å². The van der Waals surface area contributed by atoms with E-state index >= 15 is 0 Å². The molecule has 94 valence electrons. The van der Waals surface area contributed by atoms with Crippen molar-refractivity contribution in [2.75, 3.05) is 18.5 Å². The second-order valence-corrected chi connectivity index (χ2v) is 3.44. The minimum absolute atomic E-state index is 0.308. The summed E-state index contributed by atoms with van der Waals surface area (Å²) in [6.45, 7) is -0.970. The number of amides is 1. The zero-order chi connectivity index (χ0) is 13.4. The molecular formula is C12H11N2O4-. The molecule has 6 nitrogen and oxygen atoms in total. The number of hydrogen-bond acceptors (Lipinski definition) is 5. The highest BCUT2D eigenvalue weighted by molar-refractivity contribution is 5.91. The third-order valence-corrected chi connectivity index (χ3v) is 1.97. The van der Waals surface area contributed by atoms with Gasteiger partial charge in [-0.15, -0.1) is 0 Å². The van der Waals surface area contributed by atoms with Gasteiger partial charge in [-0.25, -0.2) is 0 Å². The Kier molecular flexibility index (Phi) is 5.35. The van der Waals surface area contributed by atoms with E-state index in [1.807, 2.05) is 6.07 Å². The second kappa shape index (κ2) is 7.04. The van der Waals surface area contributed by atoms with Gasteiger partial charge in [-0.05, 0) is 17.7 Å². The van der Waals surface area contributed by atoms with Crippen molar-refractivity contribution in [1.29, 1.82) is 5.26 Å². The first kappa shape index (κ1) is 13.7. The molecule has 1 aromatic rings. The number of rotatable bonds is 6. The van der Waals surface area contributed by atoms with Crippen molar-refractivity contribution in [3.63, 3.8) is 0 Å². The number of nitriles is 1. The minimum atomic E-state index is -1.37. The molecule has 1 rings (SSSR count). The Morgan fingerprint density at radius 2 is 1.94 bits per heavy atom. The molecule has 1 amide bonds. The molecule has 0 heterocycles. The summed E-state index contributed by atoms with van der Waals surface area (Å²) >= 11 is 0. The number of carboxylic acid groups (broad SMARTS) is 1. The number of anilines is 1. The maximum absolute atomic E-state index is 11.3. The summed E-state index contributed by atoms with van der Waals surface area (Å²) in [6.07, 6.45) is 0.308. The predicted molar refractivity (Wildman–Crippen MR) is 60.2 cm³/mol. The molecule has 0 aliphatic heterocycles. The smallest absolute Gasteiger partial charge is 0.250 e. The molecule has 0 spiro atoms. The number of carbonyl (C=O) groups excluding carboxylic acids is 2. The minimum Gasteiger partial charge on any atom is -0.548 e. The number of hydrogen-bond donors (Lipinski definition) is 1. The average Bonchev–Trinajstić information content (AvgIpc) is 2.31. The van der Waals surface area contributed by atoms with Gasteiger partial charge in [0.2, 0.25) is 5.91 Å². The first-order chi connectivity index (χ1) is 8.61. The fourth-order valence-corrected chi connectivity index (χ4v) is 1.22. The van der Waals surface area contributed by atoms with Gasteiger partial charge in [0.25, 0.3) is 0 Å². The number of carbonyl (C=O) groups is 2. The fraction of sp³-hybridized carbons (Fsp3) is 0.250. The lowest BCUT2D eigenvalue weighted by Crippen LogP contribution is -2.29. The van der Waals surface area contributed by atoms with Crippen LogP contribution in [0, 0.1) is 11.3 Å². The molecule has 1 N–H and O–H groups in total. The average molecular weight is 247 g/mol. The monoisotopic (exact) mass is 247 g/mol. The van der Waals surface area contributed by atoms with Crippen molar-refractivity contribution >= 4 is 17.6 Å². The van der Waals surface area contributed by atoms with E-state index in [0.717, 1.165) is 5.56 Å². The third kappa shape index (κ3) is 5.09. The van der Waals surface area contributed by atoms with Gasteiger partial charge < -0.3 is 20.0 Å². The van der Waals surface area contributed by atoms with Crippen LogP contribution in [-0.2, 0) is 20.7 Å². The van der Waals surface area contributed by atoms with Crippen LogP contribution >= 0.6 is 0 Å². The summed E-state index contributed by atoms with van der Waals surface area (Å²) < 4.78 is 4.57. The largest absolute Gasteiger partial charge is 0.548 e. The highest BCUT2D eigenvalue weighted by Crippen LogP contribution is 2.09. The Bertz CT molecular complexity index is 462. The second-order valence-electron chi connectivity index (χ2n) is 3.44. The summed E-state index contributed by atoms with van der Waals surface area (Å²) in [6, 6.07) is 8.77. The normalized spacial score (nSPS) is 9.50. The molecule has 0 bridgehead atoms. The molecule has 0 fully saturated rings. The highest BCUT2D eigenvalue weighted by Gasteiger charge is 2.02. The van der Waals surface area contributed by atoms with Gasteiger partial charge in [-0.3, -0.25) is 4.79 Å². The first-order valence-electron chi connectivity index (χ1n) is 5.15. The van der Waals surface area contributed by atoms with Crippen LogP contribution < -0.4 is 10.4 Å². The molecule has 0 aliphatic carbocycles. The van der Waals surface area contributed by atoms with Crippen molar-refractivity contribution in [3.8, 4) is 6.07 Å². The molecule has 0 unspecified atom stereocenters. The zero-order valence-electron chi connectivity index (χ0n) is 9.51. The Labute approximate surface area is 104 Å². The van der Waals surface area contributed by atoms with Gasteiger partial charge >= 0.3 is 0 Å². The molecule has 0 aliphatic rings. The summed E-state index contributed by atoms with van der Waals surface area (Å²) in [7, 11) is 0. The predicted octanol–water partition coefficient (Wildman–Crippen LogP) is -0.542. The van der Waals surface area contributed by atoms with E-state index in [0.29, 0.717) is 12.1 Å². The number of nitrogens with zero attached hydrogens (tertiary/aromatic N) is 1. The van der Waals surface area contributed by atoms with Crippen LogP contribution in [0.5, 0.6) is 0 Å². The molecule has 0 atom stereocenters. The standard InChI is InChI=1S/C12H12N2O4/c13-6-5-9-1-3-10(4-2-9)14-11(15)7-18-8-12(16)17/h1-4H,5,7-8H2,(H,14,15)(H,16,17)/p-1. The van der Waals surface area contributed by atoms with Crippen LogP contribution in [0.4, 0.5) is 5.69 Å². The lowest BCUT2D eigenvalue weighted by molar-refractivity contribution is -0.309. The lowest BCUT2D eigenvalue weighted by atomic mass is 10.1. The maximum Gasteiger partial charge on any atom is 0.250 e. The number of aliphatic carboxylic acids is 1. The number of nitrogens with one attached hydrogen (secondary N) is 1. The van der Waals surface area contributed by atoms with Gasteiger partial charge in [-0.1, -0.05) is 12.1 Å². The molecule has 0 saturated carbocycles. The van der Waals surface area contributed by atoms with Gasteiger partial charge in [0.1, 0.15) is 6.61 Å². The Morgan fingerprint density at radius 1 is 1.28 bits per heavy atom. The van der Waals surface area contributed by atoms with Gasteiger partial charge in [0.15, 0.2) is 0 Å². The van der Waals surface area contributed by atoms with Crippen LogP contribution in [0.1, 0.15) is 5.56 Å². The van der Waals surface area contributed by atoms with Crippen molar-refractivity contribution in [3.05, 3.63) is 29.8 Å². The van der Waals surface area contributed by atoms with Crippen molar-refractivity contribution in [2.24, 2.45) is 0 Å². The molecule has 0 radical (unpaired) electrons. The van der Waals surface area contributed by atoms with Crippen molar-refractivity contribution < 1.29 is 19.4 Å². The van der Waals surface area contributed by atoms with Crippen molar-refractivity contribution in [2.45, 2.75) is 6.42 Å². The van der Waals surface area contributed by atoms with Gasteiger partial charge in [0, 0.05) is 5.69 Å². The summed E-state index contributed by atoms with van der Waals surface area (Å²) in [5, 5.41) is 21.1. The maximum atomic E-state index is 11.3. The van der Waals surface area contributed by atoms with Crippen LogP contribution in [0.25, 0.3) is 0 Å². The van der Waals surface area contributed by atoms with Gasteiger partial charge in [0.05, 0.1) is 25.1 Å². The zero-order valence-corrected chi connectivity index (χ0v) is 9.51. The number of carboxylic acids is 1. The van der Waals surface area contributed by atoms with E-state index in [2.05, 4.69) is 10.1 Å². The molecule has 1 aromatic carbocycles. The van der Waals surface area contributed by atoms with E-state index in [4.69, 9.17) is 5.26 Å². The van der Waals surface area contributed by atoms with Crippen molar-refractivity contribution in [1.82, 2.24) is 0 Å². The lowest BCUT2D eigenvalue weighted by Gasteiger charge is -2.07. The van der Waals surface area contributed by atoms with E-state index in [1.165, 1.54) is 0 Å². The van der Waals surface area contributed by atoms with Gasteiger partial charge in [-0.2, -0.15) is 5.26 Å². The Hall–Kier alpha value is -2.39. The van der Waals surface area contributed by atoms with E-state index in [9.17, 15) is 14.7 Å². The number of benzene rings is 1. The van der Waals surface area contributed by atoms with Crippen LogP contribution in [0.2, 0.25) is 0 Å². The van der Waals surface area contributed by atoms with E-state index < -0.39 is 18.5 Å². The van der Waals surface area contributed by atoms with E-state index in [1.54, 1.807) is 24.3 Å². The van der Waals surface area contributed by atoms with E-state index in [-0.39, 0.29) is 6.61 Å². The molecule has 0 saturated heterocycles. The molecule has 0 aromatic heterocycles. The first-order valence-corrected chi connectivity index (χ1v) is 5.15. The molecular weight excluding hydrogens is 236 g/mol. The summed E-state index contributed by atoms with van der Waals surface area (Å²) in [5.41, 5.74) is 1.41. The quantitative estimate of drug-likeness (QED) is 0.727. The summed E-state index contributed by atoms with van der Waals surface area (Å²) in [4.78, 5) is 21.3.